The number of hydrogen-bond donors (Lipinski definition) is 1. The van der Waals surface area contributed by atoms with E-state index < -0.39 is 0 Å². The zero-order valence-corrected chi connectivity index (χ0v) is 13.6. The summed E-state index contributed by atoms with van der Waals surface area (Å²) >= 11 is 5.84. The first-order chi connectivity index (χ1) is 8.83. The number of likely N-dealkylation sites (tertiary alicyclic amines) is 1. The van der Waals surface area contributed by atoms with E-state index in [-0.39, 0.29) is 24.8 Å². The first kappa shape index (κ1) is 17.9. The molecule has 2 aliphatic heterocycles. The van der Waals surface area contributed by atoms with Gasteiger partial charge in [0.05, 0.1) is 0 Å². The fourth-order valence-electron chi connectivity index (χ4n) is 3.03. The Morgan fingerprint density at radius 1 is 1.20 bits per heavy atom. The van der Waals surface area contributed by atoms with Gasteiger partial charge in [-0.25, -0.2) is 0 Å². The summed E-state index contributed by atoms with van der Waals surface area (Å²) in [5, 5.41) is 4.22. The van der Waals surface area contributed by atoms with Crippen molar-refractivity contribution in [2.45, 2.75) is 12.5 Å². The highest BCUT2D eigenvalue weighted by Gasteiger charge is 2.36. The Balaban J connectivity index is 0.000001000. The monoisotopic (exact) mass is 338 g/mol. The second-order valence-electron chi connectivity index (χ2n) is 5.11. The minimum absolute atomic E-state index is 0. The Kier molecular flexibility index (Phi) is 7.41. The van der Waals surface area contributed by atoms with E-state index in [1.54, 1.807) is 0 Å². The van der Waals surface area contributed by atoms with E-state index in [4.69, 9.17) is 16.3 Å². The summed E-state index contributed by atoms with van der Waals surface area (Å²) in [5.74, 6) is 1.76. The van der Waals surface area contributed by atoms with Crippen LogP contribution in [0.2, 0.25) is 5.02 Å². The van der Waals surface area contributed by atoms with Gasteiger partial charge < -0.3 is 10.1 Å². The SMILES string of the molecule is Cl.Cl.Clc1ccc(OCCN2CC[C@H]3CNC[C@H]32)cc1. The number of nitrogens with zero attached hydrogens (tertiary/aromatic N) is 1. The van der Waals surface area contributed by atoms with Gasteiger partial charge in [-0.05, 0) is 49.7 Å². The predicted octanol–water partition coefficient (Wildman–Crippen LogP) is 2.86. The molecule has 1 aromatic carbocycles. The number of nitrogens with one attached hydrogen (secondary N) is 1. The zero-order valence-electron chi connectivity index (χ0n) is 11.3. The molecule has 0 aliphatic carbocycles. The van der Waals surface area contributed by atoms with Gasteiger partial charge in [-0.15, -0.1) is 24.8 Å². The van der Waals surface area contributed by atoms with Crippen LogP contribution >= 0.6 is 36.4 Å². The normalized spacial score (nSPS) is 24.6. The Morgan fingerprint density at radius 2 is 1.95 bits per heavy atom. The number of benzene rings is 1. The molecule has 0 spiro atoms. The van der Waals surface area contributed by atoms with Crippen LogP contribution in [0.3, 0.4) is 0 Å². The summed E-state index contributed by atoms with van der Waals surface area (Å²) in [7, 11) is 0. The first-order valence-electron chi connectivity index (χ1n) is 6.66. The van der Waals surface area contributed by atoms with Crippen LogP contribution in [-0.2, 0) is 0 Å². The molecule has 2 aliphatic rings. The van der Waals surface area contributed by atoms with Crippen LogP contribution in [0.1, 0.15) is 6.42 Å². The van der Waals surface area contributed by atoms with E-state index >= 15 is 0 Å². The molecule has 3 nitrogen and oxygen atoms in total. The largest absolute Gasteiger partial charge is 0.492 e. The third-order valence-electron chi connectivity index (χ3n) is 4.02. The van der Waals surface area contributed by atoms with E-state index in [0.29, 0.717) is 0 Å². The topological polar surface area (TPSA) is 24.5 Å². The van der Waals surface area contributed by atoms with Gasteiger partial charge in [-0.1, -0.05) is 11.6 Å². The summed E-state index contributed by atoms with van der Waals surface area (Å²) in [6.07, 6.45) is 1.33. The minimum Gasteiger partial charge on any atom is -0.492 e. The molecule has 1 aromatic rings. The van der Waals surface area contributed by atoms with Gasteiger partial charge in [-0.2, -0.15) is 0 Å². The Labute approximate surface area is 137 Å². The number of hydrogen-bond acceptors (Lipinski definition) is 3. The highest BCUT2D eigenvalue weighted by Crippen LogP contribution is 2.26. The molecule has 0 aromatic heterocycles. The summed E-state index contributed by atoms with van der Waals surface area (Å²) in [5.41, 5.74) is 0. The molecule has 114 valence electrons. The minimum atomic E-state index is 0. The maximum absolute atomic E-state index is 5.84. The Bertz CT molecular complexity index is 402. The quantitative estimate of drug-likeness (QED) is 0.913. The standard InChI is InChI=1S/C14H19ClN2O.2ClH/c15-12-1-3-13(4-2-12)18-8-7-17-6-5-11-9-16-10-14(11)17;;/h1-4,11,14,16H,5-10H2;2*1H/t11-,14+;;/m0../s1. The molecule has 2 saturated heterocycles. The van der Waals surface area contributed by atoms with Crippen molar-refractivity contribution in [3.8, 4) is 5.75 Å². The molecule has 6 heteroatoms. The molecule has 20 heavy (non-hydrogen) atoms. The summed E-state index contributed by atoms with van der Waals surface area (Å²) in [4.78, 5) is 2.56. The van der Waals surface area contributed by atoms with E-state index in [1.807, 2.05) is 24.3 Å². The lowest BCUT2D eigenvalue weighted by Crippen LogP contribution is -2.36. The molecule has 0 amide bonds. The average molecular weight is 340 g/mol. The molecule has 0 saturated carbocycles. The van der Waals surface area contributed by atoms with Gasteiger partial charge in [0.2, 0.25) is 0 Å². The zero-order chi connectivity index (χ0) is 12.4. The molecule has 3 rings (SSSR count). The van der Waals surface area contributed by atoms with E-state index in [0.717, 1.165) is 42.4 Å². The lowest BCUT2D eigenvalue weighted by atomic mass is 10.1. The van der Waals surface area contributed by atoms with Crippen molar-refractivity contribution >= 4 is 36.4 Å². The van der Waals surface area contributed by atoms with E-state index in [1.165, 1.54) is 19.5 Å². The predicted molar refractivity (Wildman–Crippen MR) is 87.8 cm³/mol. The molecular weight excluding hydrogens is 319 g/mol. The molecular formula is C14H21Cl3N2O. The molecule has 2 heterocycles. The van der Waals surface area contributed by atoms with Crippen molar-refractivity contribution in [3.05, 3.63) is 29.3 Å². The van der Waals surface area contributed by atoms with Crippen molar-refractivity contribution in [2.75, 3.05) is 32.8 Å². The number of ether oxygens (including phenoxy) is 1. The van der Waals surface area contributed by atoms with Gasteiger partial charge in [0.1, 0.15) is 12.4 Å². The van der Waals surface area contributed by atoms with Gasteiger partial charge in [0.15, 0.2) is 0 Å². The van der Waals surface area contributed by atoms with Gasteiger partial charge >= 0.3 is 0 Å². The van der Waals surface area contributed by atoms with Gasteiger partial charge in [-0.3, -0.25) is 4.90 Å². The smallest absolute Gasteiger partial charge is 0.119 e. The second kappa shape index (κ2) is 8.30. The van der Waals surface area contributed by atoms with Crippen LogP contribution in [0.15, 0.2) is 24.3 Å². The van der Waals surface area contributed by atoms with Crippen molar-refractivity contribution in [1.29, 1.82) is 0 Å². The number of fused-ring (bicyclic) bond motifs is 1. The van der Waals surface area contributed by atoms with Crippen LogP contribution in [-0.4, -0.2) is 43.7 Å². The molecule has 0 radical (unpaired) electrons. The number of rotatable bonds is 4. The van der Waals surface area contributed by atoms with Crippen molar-refractivity contribution < 1.29 is 4.74 Å². The van der Waals surface area contributed by atoms with Crippen LogP contribution in [0.5, 0.6) is 5.75 Å². The first-order valence-corrected chi connectivity index (χ1v) is 7.04. The fraction of sp³-hybridized carbons (Fsp3) is 0.571. The summed E-state index contributed by atoms with van der Waals surface area (Å²) in [6.45, 7) is 5.34. The van der Waals surface area contributed by atoms with E-state index in [2.05, 4.69) is 10.2 Å². The summed E-state index contributed by atoms with van der Waals surface area (Å²) < 4.78 is 5.75. The Hall–Kier alpha value is -0.190. The van der Waals surface area contributed by atoms with Crippen molar-refractivity contribution in [2.24, 2.45) is 5.92 Å². The van der Waals surface area contributed by atoms with Crippen molar-refractivity contribution in [1.82, 2.24) is 10.2 Å². The number of halogens is 3. The van der Waals surface area contributed by atoms with Crippen LogP contribution in [0.25, 0.3) is 0 Å². The van der Waals surface area contributed by atoms with Crippen LogP contribution in [0, 0.1) is 5.92 Å². The highest BCUT2D eigenvalue weighted by molar-refractivity contribution is 6.30. The third kappa shape index (κ3) is 4.15. The Morgan fingerprint density at radius 3 is 2.70 bits per heavy atom. The maximum Gasteiger partial charge on any atom is 0.119 e. The second-order valence-corrected chi connectivity index (χ2v) is 5.55. The van der Waals surface area contributed by atoms with Crippen molar-refractivity contribution in [3.63, 3.8) is 0 Å². The molecule has 2 atom stereocenters. The van der Waals surface area contributed by atoms with Gasteiger partial charge in [0.25, 0.3) is 0 Å². The lowest BCUT2D eigenvalue weighted by molar-refractivity contribution is 0.196. The molecule has 0 bridgehead atoms. The lowest BCUT2D eigenvalue weighted by Gasteiger charge is -2.22. The molecule has 1 N–H and O–H groups in total. The molecule has 0 unspecified atom stereocenters. The van der Waals surface area contributed by atoms with Gasteiger partial charge in [0, 0.05) is 24.2 Å². The maximum atomic E-state index is 5.84. The third-order valence-corrected chi connectivity index (χ3v) is 4.27. The van der Waals surface area contributed by atoms with Crippen LogP contribution in [0.4, 0.5) is 0 Å². The van der Waals surface area contributed by atoms with Crippen LogP contribution < -0.4 is 10.1 Å². The fourth-order valence-corrected chi connectivity index (χ4v) is 3.15. The highest BCUT2D eigenvalue weighted by atomic mass is 35.5. The van der Waals surface area contributed by atoms with E-state index in [9.17, 15) is 0 Å². The average Bonchev–Trinajstić information content (AvgIpc) is 2.96. The summed E-state index contributed by atoms with van der Waals surface area (Å²) in [6, 6.07) is 8.31. The molecule has 2 fully saturated rings.